The molecule has 1 aliphatic carbocycles. The molecule has 0 unspecified atom stereocenters. The Morgan fingerprint density at radius 2 is 1.90 bits per heavy atom. The third-order valence-corrected chi connectivity index (χ3v) is 4.19. The molecule has 0 bridgehead atoms. The zero-order chi connectivity index (χ0) is 15.9. The van der Waals surface area contributed by atoms with Gasteiger partial charge in [-0.25, -0.2) is 0 Å². The highest BCUT2D eigenvalue weighted by atomic mass is 16.2. The van der Waals surface area contributed by atoms with E-state index in [0.29, 0.717) is 5.41 Å². The van der Waals surface area contributed by atoms with Crippen molar-refractivity contribution in [3.05, 3.63) is 58.7 Å². The van der Waals surface area contributed by atoms with Crippen molar-refractivity contribution in [2.24, 2.45) is 5.41 Å². The Kier molecular flexibility index (Phi) is 6.91. The first kappa shape index (κ1) is 17.7. The van der Waals surface area contributed by atoms with E-state index in [-0.39, 0.29) is 6.61 Å². The SMILES string of the molecule is CC(C=CC1=C(C)CCCC1(C)C)=CC=C/C(C)=C\CO. The fourth-order valence-electron chi connectivity index (χ4n) is 2.84. The van der Waals surface area contributed by atoms with Crippen molar-refractivity contribution in [1.82, 2.24) is 0 Å². The minimum absolute atomic E-state index is 0.0985. The van der Waals surface area contributed by atoms with Crippen LogP contribution in [0.2, 0.25) is 0 Å². The lowest BCUT2D eigenvalue weighted by Gasteiger charge is -2.32. The molecule has 0 saturated heterocycles. The number of allylic oxidation sites excluding steroid dienone is 9. The largest absolute Gasteiger partial charge is 0.392 e. The van der Waals surface area contributed by atoms with Gasteiger partial charge in [-0.05, 0) is 51.0 Å². The van der Waals surface area contributed by atoms with Crippen LogP contribution in [-0.4, -0.2) is 11.7 Å². The predicted molar refractivity (Wildman–Crippen MR) is 93.2 cm³/mol. The van der Waals surface area contributed by atoms with E-state index in [1.165, 1.54) is 36.0 Å². The van der Waals surface area contributed by atoms with Gasteiger partial charge in [0, 0.05) is 0 Å². The van der Waals surface area contributed by atoms with E-state index >= 15 is 0 Å². The monoisotopic (exact) mass is 286 g/mol. The van der Waals surface area contributed by atoms with Gasteiger partial charge >= 0.3 is 0 Å². The lowest BCUT2D eigenvalue weighted by atomic mass is 9.72. The summed E-state index contributed by atoms with van der Waals surface area (Å²) in [7, 11) is 0. The number of hydrogen-bond donors (Lipinski definition) is 1. The fourth-order valence-corrected chi connectivity index (χ4v) is 2.84. The van der Waals surface area contributed by atoms with E-state index in [9.17, 15) is 0 Å². The zero-order valence-corrected chi connectivity index (χ0v) is 14.2. The Morgan fingerprint density at radius 3 is 2.52 bits per heavy atom. The maximum atomic E-state index is 8.81. The zero-order valence-electron chi connectivity index (χ0n) is 14.2. The van der Waals surface area contributed by atoms with Crippen LogP contribution < -0.4 is 0 Å². The van der Waals surface area contributed by atoms with E-state index in [4.69, 9.17) is 5.11 Å². The van der Waals surface area contributed by atoms with Gasteiger partial charge in [-0.2, -0.15) is 0 Å². The smallest absolute Gasteiger partial charge is 0.0617 e. The third-order valence-electron chi connectivity index (χ3n) is 4.19. The first-order valence-corrected chi connectivity index (χ1v) is 7.87. The van der Waals surface area contributed by atoms with E-state index in [1.807, 2.05) is 19.1 Å². The third kappa shape index (κ3) is 5.89. The Bertz CT molecular complexity index is 496. The van der Waals surface area contributed by atoms with E-state index < -0.39 is 0 Å². The van der Waals surface area contributed by atoms with Crippen LogP contribution in [0.4, 0.5) is 0 Å². The molecule has 1 heteroatoms. The number of aliphatic hydroxyl groups excluding tert-OH is 1. The number of hydrogen-bond acceptors (Lipinski definition) is 1. The molecule has 116 valence electrons. The average Bonchev–Trinajstić information content (AvgIpc) is 2.37. The fraction of sp³-hybridized carbons (Fsp3) is 0.500. The second-order valence-electron chi connectivity index (χ2n) is 6.67. The van der Waals surface area contributed by atoms with E-state index in [2.05, 4.69) is 45.9 Å². The summed E-state index contributed by atoms with van der Waals surface area (Å²) in [5.41, 5.74) is 5.66. The van der Waals surface area contributed by atoms with Crippen molar-refractivity contribution in [1.29, 1.82) is 0 Å². The Morgan fingerprint density at radius 1 is 1.19 bits per heavy atom. The van der Waals surface area contributed by atoms with Crippen LogP contribution in [0.25, 0.3) is 0 Å². The highest BCUT2D eigenvalue weighted by molar-refractivity contribution is 5.37. The highest BCUT2D eigenvalue weighted by Gasteiger charge is 2.26. The van der Waals surface area contributed by atoms with Crippen LogP contribution >= 0.6 is 0 Å². The Hall–Kier alpha value is -1.34. The van der Waals surface area contributed by atoms with Gasteiger partial charge in [0.2, 0.25) is 0 Å². The maximum Gasteiger partial charge on any atom is 0.0617 e. The molecule has 1 N–H and O–H groups in total. The first-order valence-electron chi connectivity index (χ1n) is 7.87. The van der Waals surface area contributed by atoms with Crippen molar-refractivity contribution >= 4 is 0 Å². The second-order valence-corrected chi connectivity index (χ2v) is 6.67. The molecule has 1 nitrogen and oxygen atoms in total. The van der Waals surface area contributed by atoms with Crippen LogP contribution in [0.3, 0.4) is 0 Å². The summed E-state index contributed by atoms with van der Waals surface area (Å²) in [6, 6.07) is 0. The average molecular weight is 286 g/mol. The van der Waals surface area contributed by atoms with Gasteiger partial charge in [0.15, 0.2) is 0 Å². The highest BCUT2D eigenvalue weighted by Crippen LogP contribution is 2.40. The minimum Gasteiger partial charge on any atom is -0.392 e. The molecule has 0 atom stereocenters. The van der Waals surface area contributed by atoms with Crippen molar-refractivity contribution in [3.63, 3.8) is 0 Å². The number of aliphatic hydroxyl groups is 1. The molecule has 0 heterocycles. The van der Waals surface area contributed by atoms with Gasteiger partial charge in [-0.15, -0.1) is 0 Å². The molecule has 1 rings (SSSR count). The van der Waals surface area contributed by atoms with Gasteiger partial charge in [0.05, 0.1) is 6.61 Å². The van der Waals surface area contributed by atoms with Crippen LogP contribution in [0.5, 0.6) is 0 Å². The summed E-state index contributed by atoms with van der Waals surface area (Å²) in [4.78, 5) is 0. The molecule has 1 aliphatic rings. The summed E-state index contributed by atoms with van der Waals surface area (Å²) in [5, 5.41) is 8.81. The van der Waals surface area contributed by atoms with Gasteiger partial charge in [0.1, 0.15) is 0 Å². The van der Waals surface area contributed by atoms with Crippen molar-refractivity contribution < 1.29 is 5.11 Å². The normalized spacial score (nSPS) is 20.9. The molecular weight excluding hydrogens is 256 g/mol. The van der Waals surface area contributed by atoms with Crippen LogP contribution in [0, 0.1) is 5.41 Å². The van der Waals surface area contributed by atoms with E-state index in [1.54, 1.807) is 6.08 Å². The predicted octanol–water partition coefficient (Wildman–Crippen LogP) is 5.51. The number of rotatable bonds is 5. The quantitative estimate of drug-likeness (QED) is 0.661. The molecule has 0 radical (unpaired) electrons. The van der Waals surface area contributed by atoms with Crippen molar-refractivity contribution in [3.8, 4) is 0 Å². The molecule has 0 aliphatic heterocycles. The maximum absolute atomic E-state index is 8.81. The summed E-state index contributed by atoms with van der Waals surface area (Å²) in [5.74, 6) is 0. The standard InChI is InChI=1S/C20H30O/c1-16(8-6-9-17(2)13-15-21)11-12-19-18(3)10-7-14-20(19,4)5/h6,8-9,11-13,21H,7,10,14-15H2,1-5H3/b9-6?,12-11?,16-8?,17-13-. The molecule has 0 saturated carbocycles. The Balaban J connectivity index is 2.78. The molecule has 0 aromatic carbocycles. The molecule has 21 heavy (non-hydrogen) atoms. The van der Waals surface area contributed by atoms with E-state index in [0.717, 1.165) is 5.57 Å². The second kappa shape index (κ2) is 8.19. The summed E-state index contributed by atoms with van der Waals surface area (Å²) in [6.45, 7) is 11.2. The lowest BCUT2D eigenvalue weighted by molar-refractivity contribution is 0.342. The van der Waals surface area contributed by atoms with Gasteiger partial charge in [0.25, 0.3) is 0 Å². The topological polar surface area (TPSA) is 20.2 Å². The first-order chi connectivity index (χ1) is 9.86. The van der Waals surface area contributed by atoms with Crippen molar-refractivity contribution in [2.75, 3.05) is 6.61 Å². The molecule has 0 fully saturated rings. The van der Waals surface area contributed by atoms with Gasteiger partial charge in [-0.1, -0.05) is 67.0 Å². The summed E-state index contributed by atoms with van der Waals surface area (Å²) >= 11 is 0. The molecular formula is C20H30O. The Labute approximate surface area is 130 Å². The van der Waals surface area contributed by atoms with Crippen molar-refractivity contribution in [2.45, 2.75) is 53.9 Å². The van der Waals surface area contributed by atoms with Crippen LogP contribution in [-0.2, 0) is 0 Å². The minimum atomic E-state index is 0.0985. The molecule has 0 aromatic heterocycles. The summed E-state index contributed by atoms with van der Waals surface area (Å²) in [6.07, 6.45) is 16.3. The van der Waals surface area contributed by atoms with Gasteiger partial charge < -0.3 is 5.11 Å². The molecule has 0 amide bonds. The van der Waals surface area contributed by atoms with Crippen LogP contribution in [0.15, 0.2) is 58.7 Å². The molecule has 0 aromatic rings. The van der Waals surface area contributed by atoms with Crippen LogP contribution in [0.1, 0.15) is 53.9 Å². The lowest BCUT2D eigenvalue weighted by Crippen LogP contribution is -2.19. The van der Waals surface area contributed by atoms with Gasteiger partial charge in [-0.3, -0.25) is 0 Å². The summed E-state index contributed by atoms with van der Waals surface area (Å²) < 4.78 is 0. The molecule has 0 spiro atoms.